The first-order valence-corrected chi connectivity index (χ1v) is 7.73. The third kappa shape index (κ3) is 3.23. The van der Waals surface area contributed by atoms with Gasteiger partial charge in [-0.05, 0) is 18.4 Å². The molecule has 1 N–H and O–H groups in total. The lowest BCUT2D eigenvalue weighted by Gasteiger charge is -2.23. The fourth-order valence-electron chi connectivity index (χ4n) is 1.68. The van der Waals surface area contributed by atoms with Gasteiger partial charge in [0.15, 0.2) is 10.7 Å². The van der Waals surface area contributed by atoms with Gasteiger partial charge in [0.05, 0.1) is 0 Å². The molecule has 20 heavy (non-hydrogen) atoms. The molecule has 7 heteroatoms. The van der Waals surface area contributed by atoms with Crippen LogP contribution in [0.3, 0.4) is 0 Å². The minimum atomic E-state index is -1.12. The number of likely N-dealkylation sites (N-methyl/N-ethyl adjacent to an activating group) is 1. The number of carbonyl (C=O) groups excluding carboxylic acids is 1. The molecular weight excluding hydrogens is 296 g/mol. The van der Waals surface area contributed by atoms with E-state index in [1.807, 2.05) is 24.4 Å². The Bertz CT molecular complexity index is 607. The van der Waals surface area contributed by atoms with Crippen molar-refractivity contribution in [1.29, 1.82) is 0 Å². The van der Waals surface area contributed by atoms with Gasteiger partial charge in [0.2, 0.25) is 0 Å². The molecule has 5 nitrogen and oxygen atoms in total. The summed E-state index contributed by atoms with van der Waals surface area (Å²) in [5.74, 6) is -1.36. The molecule has 0 spiro atoms. The van der Waals surface area contributed by atoms with Crippen molar-refractivity contribution in [1.82, 2.24) is 9.88 Å². The molecule has 0 aliphatic rings. The summed E-state index contributed by atoms with van der Waals surface area (Å²) >= 11 is 2.71. The molecule has 0 saturated heterocycles. The van der Waals surface area contributed by atoms with E-state index in [0.717, 1.165) is 17.8 Å². The summed E-state index contributed by atoms with van der Waals surface area (Å²) in [6.07, 6.45) is 0.775. The normalized spacial score (nSPS) is 12.1. The van der Waals surface area contributed by atoms with E-state index in [1.165, 1.54) is 10.3 Å². The third-order valence-corrected chi connectivity index (χ3v) is 4.69. The number of carboxylic acid groups (broad SMARTS) is 1. The van der Waals surface area contributed by atoms with Crippen LogP contribution in [0.2, 0.25) is 0 Å². The summed E-state index contributed by atoms with van der Waals surface area (Å²) in [5, 5.41) is 12.4. The van der Waals surface area contributed by atoms with Crippen LogP contribution in [0, 0.1) is 0 Å². The number of amides is 1. The molecule has 2 rings (SSSR count). The van der Waals surface area contributed by atoms with Gasteiger partial charge in [0, 0.05) is 29.8 Å². The van der Waals surface area contributed by atoms with E-state index < -0.39 is 5.97 Å². The Morgan fingerprint density at radius 3 is 2.75 bits per heavy atom. The van der Waals surface area contributed by atoms with Crippen molar-refractivity contribution in [3.05, 3.63) is 38.5 Å². The van der Waals surface area contributed by atoms with Crippen molar-refractivity contribution < 1.29 is 14.7 Å². The van der Waals surface area contributed by atoms with E-state index in [4.69, 9.17) is 5.11 Å². The van der Waals surface area contributed by atoms with Gasteiger partial charge in [0.1, 0.15) is 0 Å². The Balaban J connectivity index is 2.05. The van der Waals surface area contributed by atoms with Gasteiger partial charge >= 0.3 is 5.97 Å². The molecule has 0 aliphatic heterocycles. The zero-order valence-corrected chi connectivity index (χ0v) is 12.7. The van der Waals surface area contributed by atoms with Crippen molar-refractivity contribution in [2.45, 2.75) is 19.4 Å². The number of hydrogen-bond acceptors (Lipinski definition) is 5. The van der Waals surface area contributed by atoms with E-state index in [2.05, 4.69) is 4.98 Å². The molecule has 0 bridgehead atoms. The second-order valence-corrected chi connectivity index (χ2v) is 6.28. The maximum Gasteiger partial charge on any atom is 0.355 e. The molecular formula is C13H14N2O3S2. The Labute approximate surface area is 124 Å². The highest BCUT2D eigenvalue weighted by molar-refractivity contribution is 7.11. The first-order valence-electron chi connectivity index (χ1n) is 5.97. The summed E-state index contributed by atoms with van der Waals surface area (Å²) in [6, 6.07) is 4.04. The number of thiophene rings is 1. The quantitative estimate of drug-likeness (QED) is 0.921. The molecule has 0 fully saturated rings. The highest BCUT2D eigenvalue weighted by atomic mass is 32.1. The van der Waals surface area contributed by atoms with Gasteiger partial charge < -0.3 is 10.0 Å². The van der Waals surface area contributed by atoms with Crippen molar-refractivity contribution in [3.63, 3.8) is 0 Å². The summed E-state index contributed by atoms with van der Waals surface area (Å²) in [5.41, 5.74) is -0.0855. The number of nitrogens with zero attached hydrogens (tertiary/aromatic N) is 2. The molecule has 0 aliphatic carbocycles. The van der Waals surface area contributed by atoms with Crippen LogP contribution in [0.1, 0.15) is 32.1 Å². The van der Waals surface area contributed by atoms with E-state index >= 15 is 0 Å². The summed E-state index contributed by atoms with van der Waals surface area (Å²) < 4.78 is 0. The highest BCUT2D eigenvalue weighted by Crippen LogP contribution is 2.17. The molecule has 0 aromatic carbocycles. The molecule has 2 aromatic rings. The molecule has 1 unspecified atom stereocenters. The Hall–Kier alpha value is -1.73. The van der Waals surface area contributed by atoms with Gasteiger partial charge in [-0.15, -0.1) is 22.7 Å². The number of carbonyl (C=O) groups is 2. The van der Waals surface area contributed by atoms with Crippen molar-refractivity contribution >= 4 is 34.6 Å². The summed E-state index contributed by atoms with van der Waals surface area (Å²) in [6.45, 7) is 1.96. The second-order valence-electron chi connectivity index (χ2n) is 4.39. The van der Waals surface area contributed by atoms with E-state index in [-0.39, 0.29) is 22.7 Å². The largest absolute Gasteiger partial charge is 0.476 e. The number of thiazole rings is 1. The predicted octanol–water partition coefficient (Wildman–Crippen LogP) is 2.61. The zero-order chi connectivity index (χ0) is 14.7. The minimum absolute atomic E-state index is 0.0262. The first-order chi connectivity index (χ1) is 9.49. The van der Waals surface area contributed by atoms with Gasteiger partial charge in [-0.25, -0.2) is 9.78 Å². The van der Waals surface area contributed by atoms with E-state index in [0.29, 0.717) is 0 Å². The lowest BCUT2D eigenvalue weighted by Crippen LogP contribution is -2.36. The highest BCUT2D eigenvalue weighted by Gasteiger charge is 2.22. The Morgan fingerprint density at radius 2 is 2.20 bits per heavy atom. The predicted molar refractivity (Wildman–Crippen MR) is 78.7 cm³/mol. The van der Waals surface area contributed by atoms with Crippen LogP contribution in [-0.4, -0.2) is 40.0 Å². The van der Waals surface area contributed by atoms with Crippen LogP contribution in [0.25, 0.3) is 0 Å². The third-order valence-electron chi connectivity index (χ3n) is 2.96. The summed E-state index contributed by atoms with van der Waals surface area (Å²) in [7, 11) is 1.71. The van der Waals surface area contributed by atoms with Gasteiger partial charge in [0.25, 0.3) is 5.91 Å². The summed E-state index contributed by atoms with van der Waals surface area (Å²) in [4.78, 5) is 29.7. The van der Waals surface area contributed by atoms with Gasteiger partial charge in [-0.3, -0.25) is 4.79 Å². The van der Waals surface area contributed by atoms with Gasteiger partial charge in [-0.2, -0.15) is 0 Å². The topological polar surface area (TPSA) is 70.5 Å². The van der Waals surface area contributed by atoms with E-state index in [1.54, 1.807) is 23.3 Å². The minimum Gasteiger partial charge on any atom is -0.476 e. The maximum absolute atomic E-state index is 12.2. The molecule has 2 aromatic heterocycles. The lowest BCUT2D eigenvalue weighted by molar-refractivity contribution is 0.0691. The SMILES string of the molecule is CC(Cc1cccs1)N(C)C(=O)c1nc(C(=O)O)cs1. The Kier molecular flexibility index (Phi) is 4.51. The zero-order valence-electron chi connectivity index (χ0n) is 11.1. The molecule has 1 atom stereocenters. The van der Waals surface area contributed by atoms with Crippen LogP contribution in [-0.2, 0) is 6.42 Å². The molecule has 1 amide bonds. The molecule has 0 radical (unpaired) electrons. The fraction of sp³-hybridized carbons (Fsp3) is 0.308. The van der Waals surface area contributed by atoms with Gasteiger partial charge in [-0.1, -0.05) is 6.07 Å². The fourth-order valence-corrected chi connectivity index (χ4v) is 3.28. The molecule has 106 valence electrons. The van der Waals surface area contributed by atoms with Crippen molar-refractivity contribution in [2.24, 2.45) is 0 Å². The van der Waals surface area contributed by atoms with E-state index in [9.17, 15) is 9.59 Å². The van der Waals surface area contributed by atoms with Crippen LogP contribution in [0.4, 0.5) is 0 Å². The maximum atomic E-state index is 12.2. The first kappa shape index (κ1) is 14.7. The van der Waals surface area contributed by atoms with Crippen LogP contribution in [0.15, 0.2) is 22.9 Å². The van der Waals surface area contributed by atoms with Crippen molar-refractivity contribution in [2.75, 3.05) is 7.05 Å². The monoisotopic (exact) mass is 310 g/mol. The molecule has 2 heterocycles. The van der Waals surface area contributed by atoms with Crippen LogP contribution in [0.5, 0.6) is 0 Å². The van der Waals surface area contributed by atoms with Crippen LogP contribution >= 0.6 is 22.7 Å². The smallest absolute Gasteiger partial charge is 0.355 e. The average Bonchev–Trinajstić information content (AvgIpc) is 3.07. The average molecular weight is 310 g/mol. The number of rotatable bonds is 5. The van der Waals surface area contributed by atoms with Crippen LogP contribution < -0.4 is 0 Å². The molecule has 0 saturated carbocycles. The van der Waals surface area contributed by atoms with Crippen molar-refractivity contribution in [3.8, 4) is 0 Å². The number of aromatic nitrogens is 1. The lowest BCUT2D eigenvalue weighted by atomic mass is 10.2. The Morgan fingerprint density at radius 1 is 1.45 bits per heavy atom. The standard InChI is InChI=1S/C13H14N2O3S2/c1-8(6-9-4-3-5-19-9)15(2)12(16)11-14-10(7-20-11)13(17)18/h3-5,7-8H,6H2,1-2H3,(H,17,18). The number of aromatic carboxylic acids is 1. The second kappa shape index (κ2) is 6.15. The number of carboxylic acids is 1. The number of hydrogen-bond donors (Lipinski definition) is 1.